The average molecular weight is 254 g/mol. The number of carbonyl (C=O) groups is 1. The summed E-state index contributed by atoms with van der Waals surface area (Å²) in [6.45, 7) is 2.74. The lowest BCUT2D eigenvalue weighted by atomic mass is 10.1. The van der Waals surface area contributed by atoms with Gasteiger partial charge in [-0.05, 0) is 17.7 Å². The van der Waals surface area contributed by atoms with Crippen LogP contribution in [0.2, 0.25) is 0 Å². The third-order valence-corrected chi connectivity index (χ3v) is 3.76. The summed E-state index contributed by atoms with van der Waals surface area (Å²) in [4.78, 5) is 15.9. The molecule has 19 heavy (non-hydrogen) atoms. The van der Waals surface area contributed by atoms with Crippen LogP contribution in [-0.4, -0.2) is 22.0 Å². The number of hydrogen-bond donors (Lipinski definition) is 2. The van der Waals surface area contributed by atoms with Crippen molar-refractivity contribution in [2.75, 3.05) is 11.9 Å². The molecule has 2 aliphatic rings. The Morgan fingerprint density at radius 3 is 3.21 bits per heavy atom. The molecule has 1 amide bonds. The Bertz CT molecular complexity index is 674. The van der Waals surface area contributed by atoms with Crippen LogP contribution in [0.5, 0.6) is 0 Å². The summed E-state index contributed by atoms with van der Waals surface area (Å²) >= 11 is 0. The number of amides is 1. The van der Waals surface area contributed by atoms with Gasteiger partial charge < -0.3 is 15.2 Å². The summed E-state index contributed by atoms with van der Waals surface area (Å²) in [5.41, 5.74) is 4.29. The van der Waals surface area contributed by atoms with Gasteiger partial charge in [-0.1, -0.05) is 6.07 Å². The van der Waals surface area contributed by atoms with Crippen LogP contribution in [0.15, 0.2) is 24.4 Å². The van der Waals surface area contributed by atoms with Gasteiger partial charge >= 0.3 is 0 Å². The van der Waals surface area contributed by atoms with E-state index in [1.54, 1.807) is 0 Å². The van der Waals surface area contributed by atoms with Crippen molar-refractivity contribution in [3.63, 3.8) is 0 Å². The molecule has 1 aromatic carbocycles. The van der Waals surface area contributed by atoms with Gasteiger partial charge in [0.1, 0.15) is 5.82 Å². The second-order valence-corrected chi connectivity index (χ2v) is 4.98. The molecule has 3 heterocycles. The van der Waals surface area contributed by atoms with Gasteiger partial charge in [0.25, 0.3) is 0 Å². The highest BCUT2D eigenvalue weighted by molar-refractivity contribution is 5.99. The number of nitrogens with zero attached hydrogens (tertiary/aromatic N) is 2. The topological polar surface area (TPSA) is 59.0 Å². The number of imidazole rings is 1. The zero-order valence-electron chi connectivity index (χ0n) is 10.4. The van der Waals surface area contributed by atoms with Gasteiger partial charge in [-0.15, -0.1) is 0 Å². The van der Waals surface area contributed by atoms with Crippen LogP contribution >= 0.6 is 0 Å². The molecule has 0 unspecified atom stereocenters. The molecule has 1 aromatic heterocycles. The molecule has 2 aromatic rings. The van der Waals surface area contributed by atoms with Crippen LogP contribution < -0.4 is 10.6 Å². The summed E-state index contributed by atoms with van der Waals surface area (Å²) in [6, 6.07) is 6.13. The molecular weight excluding hydrogens is 240 g/mol. The predicted molar refractivity (Wildman–Crippen MR) is 71.7 cm³/mol. The van der Waals surface area contributed by atoms with Gasteiger partial charge in [-0.25, -0.2) is 4.98 Å². The average Bonchev–Trinajstić information content (AvgIpc) is 2.99. The molecule has 5 heteroatoms. The van der Waals surface area contributed by atoms with Gasteiger partial charge in [-0.3, -0.25) is 4.79 Å². The lowest BCUT2D eigenvalue weighted by Crippen LogP contribution is -2.28. The third kappa shape index (κ3) is 1.66. The fourth-order valence-electron chi connectivity index (χ4n) is 2.81. The first-order chi connectivity index (χ1) is 9.31. The van der Waals surface area contributed by atoms with Crippen LogP contribution in [0.25, 0.3) is 11.3 Å². The van der Waals surface area contributed by atoms with Crippen LogP contribution in [0.3, 0.4) is 0 Å². The Morgan fingerprint density at radius 1 is 1.32 bits per heavy atom. The molecule has 0 bridgehead atoms. The van der Waals surface area contributed by atoms with E-state index in [4.69, 9.17) is 0 Å². The van der Waals surface area contributed by atoms with Crippen LogP contribution in [0.1, 0.15) is 11.4 Å². The van der Waals surface area contributed by atoms with Crippen molar-refractivity contribution in [3.8, 4) is 11.3 Å². The van der Waals surface area contributed by atoms with Crippen LogP contribution in [0.4, 0.5) is 5.69 Å². The molecule has 5 nitrogen and oxygen atoms in total. The minimum atomic E-state index is 0.0756. The molecule has 2 N–H and O–H groups in total. The Labute approximate surface area is 110 Å². The fraction of sp³-hybridized carbons (Fsp3) is 0.286. The highest BCUT2D eigenvalue weighted by Crippen LogP contribution is 2.29. The molecule has 4 rings (SSSR count). The van der Waals surface area contributed by atoms with Gasteiger partial charge in [0.05, 0.1) is 24.9 Å². The van der Waals surface area contributed by atoms with E-state index in [1.807, 2.05) is 12.3 Å². The standard InChI is InChI=1S/C14H14N4O/c19-14-6-10-5-9(1-2-11(10)17-14)12-7-16-13-8-15-3-4-18(12)13/h1-2,5,7,15H,3-4,6,8H2,(H,17,19). The lowest BCUT2D eigenvalue weighted by Gasteiger charge is -2.17. The first-order valence-electron chi connectivity index (χ1n) is 6.49. The van der Waals surface area contributed by atoms with E-state index in [0.29, 0.717) is 6.42 Å². The molecule has 96 valence electrons. The molecule has 0 spiro atoms. The van der Waals surface area contributed by atoms with E-state index in [9.17, 15) is 4.79 Å². The quantitative estimate of drug-likeness (QED) is 0.802. The zero-order chi connectivity index (χ0) is 12.8. The molecular formula is C14H14N4O. The van der Waals surface area contributed by atoms with E-state index in [1.165, 1.54) is 0 Å². The minimum Gasteiger partial charge on any atom is -0.326 e. The van der Waals surface area contributed by atoms with E-state index in [2.05, 4.69) is 32.3 Å². The Kier molecular flexibility index (Phi) is 2.22. The van der Waals surface area contributed by atoms with E-state index in [0.717, 1.165) is 48.0 Å². The molecule has 0 radical (unpaired) electrons. The molecule has 0 aliphatic carbocycles. The maximum atomic E-state index is 11.4. The maximum Gasteiger partial charge on any atom is 0.228 e. The van der Waals surface area contributed by atoms with Crippen molar-refractivity contribution >= 4 is 11.6 Å². The van der Waals surface area contributed by atoms with Crippen molar-refractivity contribution in [1.29, 1.82) is 0 Å². The van der Waals surface area contributed by atoms with Gasteiger partial charge in [0.2, 0.25) is 5.91 Å². The highest BCUT2D eigenvalue weighted by Gasteiger charge is 2.20. The van der Waals surface area contributed by atoms with Crippen molar-refractivity contribution in [3.05, 3.63) is 35.8 Å². The Balaban J connectivity index is 1.79. The Morgan fingerprint density at radius 2 is 2.26 bits per heavy atom. The smallest absolute Gasteiger partial charge is 0.228 e. The first kappa shape index (κ1) is 10.8. The lowest BCUT2D eigenvalue weighted by molar-refractivity contribution is -0.115. The normalized spacial score (nSPS) is 16.9. The molecule has 0 saturated heterocycles. The molecule has 0 saturated carbocycles. The number of fused-ring (bicyclic) bond motifs is 2. The summed E-state index contributed by atoms with van der Waals surface area (Å²) in [5.74, 6) is 1.16. The van der Waals surface area contributed by atoms with E-state index < -0.39 is 0 Å². The number of rotatable bonds is 1. The van der Waals surface area contributed by atoms with Crippen molar-refractivity contribution in [2.45, 2.75) is 19.5 Å². The second-order valence-electron chi connectivity index (χ2n) is 4.98. The minimum absolute atomic E-state index is 0.0756. The number of carbonyl (C=O) groups excluding carboxylic acids is 1. The monoisotopic (exact) mass is 254 g/mol. The van der Waals surface area contributed by atoms with Gasteiger partial charge in [0.15, 0.2) is 0 Å². The van der Waals surface area contributed by atoms with E-state index >= 15 is 0 Å². The number of aromatic nitrogens is 2. The Hall–Kier alpha value is -2.14. The summed E-state index contributed by atoms with van der Waals surface area (Å²) in [7, 11) is 0. The van der Waals surface area contributed by atoms with E-state index in [-0.39, 0.29) is 5.91 Å². The zero-order valence-corrected chi connectivity index (χ0v) is 10.4. The summed E-state index contributed by atoms with van der Waals surface area (Å²) < 4.78 is 2.25. The predicted octanol–water partition coefficient (Wildman–Crippen LogP) is 1.15. The third-order valence-electron chi connectivity index (χ3n) is 3.76. The molecule has 0 fully saturated rings. The van der Waals surface area contributed by atoms with Gasteiger partial charge in [0, 0.05) is 24.3 Å². The highest BCUT2D eigenvalue weighted by atomic mass is 16.1. The second kappa shape index (κ2) is 3.93. The molecule has 0 atom stereocenters. The summed E-state index contributed by atoms with van der Waals surface area (Å²) in [5, 5.41) is 6.18. The number of benzene rings is 1. The maximum absolute atomic E-state index is 11.4. The van der Waals surface area contributed by atoms with Crippen molar-refractivity contribution in [1.82, 2.24) is 14.9 Å². The van der Waals surface area contributed by atoms with Crippen molar-refractivity contribution < 1.29 is 4.79 Å². The summed E-state index contributed by atoms with van der Waals surface area (Å²) in [6.07, 6.45) is 2.40. The SMILES string of the molecule is O=C1Cc2cc(-c3cnc4n3CCNC4)ccc2N1. The molecule has 2 aliphatic heterocycles. The fourth-order valence-corrected chi connectivity index (χ4v) is 2.81. The van der Waals surface area contributed by atoms with Crippen LogP contribution in [0, 0.1) is 0 Å². The first-order valence-corrected chi connectivity index (χ1v) is 6.49. The number of anilines is 1. The van der Waals surface area contributed by atoms with Crippen molar-refractivity contribution in [2.24, 2.45) is 0 Å². The van der Waals surface area contributed by atoms with Gasteiger partial charge in [-0.2, -0.15) is 0 Å². The van der Waals surface area contributed by atoms with Crippen LogP contribution in [-0.2, 0) is 24.3 Å². The number of hydrogen-bond acceptors (Lipinski definition) is 3. The number of nitrogens with one attached hydrogen (secondary N) is 2. The largest absolute Gasteiger partial charge is 0.326 e.